The minimum atomic E-state index is 0.610. The van der Waals surface area contributed by atoms with E-state index < -0.39 is 0 Å². The van der Waals surface area contributed by atoms with Crippen LogP contribution in [0.15, 0.2) is 156 Å². The van der Waals surface area contributed by atoms with E-state index in [2.05, 4.69) is 60.7 Å². The van der Waals surface area contributed by atoms with Gasteiger partial charge in [0.25, 0.3) is 0 Å². The minimum absolute atomic E-state index is 0.610. The van der Waals surface area contributed by atoms with E-state index in [0.29, 0.717) is 23.2 Å². The highest BCUT2D eigenvalue weighted by Gasteiger charge is 2.15. The van der Waals surface area contributed by atoms with Crippen molar-refractivity contribution in [3.63, 3.8) is 0 Å². The predicted octanol–water partition coefficient (Wildman–Crippen LogP) is 10.0. The first-order chi connectivity index (χ1) is 23.3. The zero-order valence-electron chi connectivity index (χ0n) is 25.1. The van der Waals surface area contributed by atoms with Crippen LogP contribution in [0.5, 0.6) is 0 Å². The normalized spacial score (nSPS) is 11.4. The summed E-state index contributed by atoms with van der Waals surface area (Å²) in [5.74, 6) is 1.91. The molecule has 0 bridgehead atoms. The molecule has 0 unspecified atom stereocenters. The lowest BCUT2D eigenvalue weighted by molar-refractivity contribution is 0.654. The van der Waals surface area contributed by atoms with Crippen molar-refractivity contribution in [1.82, 2.24) is 24.9 Å². The number of furan rings is 1. The number of fused-ring (bicyclic) bond motifs is 4. The molecule has 0 saturated carbocycles. The van der Waals surface area contributed by atoms with Gasteiger partial charge in [-0.2, -0.15) is 0 Å². The predicted molar refractivity (Wildman–Crippen MR) is 187 cm³/mol. The first kappa shape index (κ1) is 26.8. The van der Waals surface area contributed by atoms with Crippen LogP contribution in [0.3, 0.4) is 0 Å². The van der Waals surface area contributed by atoms with Crippen molar-refractivity contribution in [3.05, 3.63) is 152 Å². The molecule has 0 aliphatic rings. The zero-order chi connectivity index (χ0) is 31.2. The molecule has 0 N–H and O–H groups in total. The largest absolute Gasteiger partial charge is 0.438 e. The van der Waals surface area contributed by atoms with E-state index in [0.717, 1.165) is 66.3 Å². The Kier molecular flexibility index (Phi) is 6.35. The van der Waals surface area contributed by atoms with E-state index in [1.165, 1.54) is 0 Å². The fourth-order valence-corrected chi connectivity index (χ4v) is 6.14. The van der Waals surface area contributed by atoms with Crippen LogP contribution in [-0.2, 0) is 0 Å². The van der Waals surface area contributed by atoms with Crippen molar-refractivity contribution in [2.45, 2.75) is 0 Å². The van der Waals surface area contributed by atoms with Crippen LogP contribution >= 0.6 is 0 Å². The highest BCUT2D eigenvalue weighted by molar-refractivity contribution is 6.06. The molecule has 0 saturated heterocycles. The van der Waals surface area contributed by atoms with Gasteiger partial charge in [-0.05, 0) is 40.8 Å². The Hall–Kier alpha value is -6.53. The number of pyridine rings is 2. The average molecular weight is 604 g/mol. The Morgan fingerprint density at radius 2 is 0.979 bits per heavy atom. The molecule has 0 atom stereocenters. The fourth-order valence-electron chi connectivity index (χ4n) is 6.14. The summed E-state index contributed by atoms with van der Waals surface area (Å²) in [6.45, 7) is 0. The molecule has 9 aromatic rings. The lowest BCUT2D eigenvalue weighted by Crippen LogP contribution is -2.00. The molecule has 0 fully saturated rings. The van der Waals surface area contributed by atoms with Crippen LogP contribution in [0.4, 0.5) is 0 Å². The molecule has 220 valence electrons. The molecular weight excluding hydrogens is 578 g/mol. The Morgan fingerprint density at radius 1 is 0.383 bits per heavy atom. The average Bonchev–Trinajstić information content (AvgIpc) is 3.53. The SMILES string of the molecule is c1ccc(-c2nc(-c3ccccc3)nc(-c3ccc(-c4cccc5c(-c6ccc7c(n6)oc6ccccc67)nccc45)cc3)n2)cc1. The zero-order valence-corrected chi connectivity index (χ0v) is 25.1. The Bertz CT molecular complexity index is 2500. The van der Waals surface area contributed by atoms with Crippen LogP contribution in [-0.4, -0.2) is 24.9 Å². The number of hydrogen-bond donors (Lipinski definition) is 0. The summed E-state index contributed by atoms with van der Waals surface area (Å²) in [6, 6.07) is 48.9. The summed E-state index contributed by atoms with van der Waals surface area (Å²) in [7, 11) is 0. The number of benzene rings is 5. The van der Waals surface area contributed by atoms with Gasteiger partial charge in [-0.1, -0.05) is 121 Å². The summed E-state index contributed by atoms with van der Waals surface area (Å²) in [4.78, 5) is 24.3. The van der Waals surface area contributed by atoms with Crippen LogP contribution in [0.25, 0.3) is 89.5 Å². The van der Waals surface area contributed by atoms with E-state index in [-0.39, 0.29) is 0 Å². The van der Waals surface area contributed by atoms with Gasteiger partial charge in [0.15, 0.2) is 17.5 Å². The lowest BCUT2D eigenvalue weighted by atomic mass is 9.96. The van der Waals surface area contributed by atoms with Crippen LogP contribution < -0.4 is 0 Å². The number of rotatable bonds is 5. The number of nitrogens with zero attached hydrogens (tertiary/aromatic N) is 5. The molecule has 47 heavy (non-hydrogen) atoms. The topological polar surface area (TPSA) is 77.6 Å². The van der Waals surface area contributed by atoms with E-state index in [9.17, 15) is 0 Å². The summed E-state index contributed by atoms with van der Waals surface area (Å²) in [6.07, 6.45) is 1.85. The molecule has 6 heteroatoms. The summed E-state index contributed by atoms with van der Waals surface area (Å²) in [5.41, 5.74) is 8.01. The fraction of sp³-hybridized carbons (Fsp3) is 0. The van der Waals surface area contributed by atoms with Crippen LogP contribution in [0, 0.1) is 0 Å². The molecule has 9 rings (SSSR count). The maximum absolute atomic E-state index is 6.08. The smallest absolute Gasteiger partial charge is 0.227 e. The second kappa shape index (κ2) is 11.1. The molecule has 0 aliphatic heterocycles. The van der Waals surface area contributed by atoms with Crippen molar-refractivity contribution < 1.29 is 4.42 Å². The highest BCUT2D eigenvalue weighted by Crippen LogP contribution is 2.36. The van der Waals surface area contributed by atoms with Crippen LogP contribution in [0.1, 0.15) is 0 Å². The van der Waals surface area contributed by atoms with Gasteiger partial charge < -0.3 is 4.42 Å². The first-order valence-corrected chi connectivity index (χ1v) is 15.4. The molecule has 0 aliphatic carbocycles. The molecule has 5 aromatic carbocycles. The van der Waals surface area contributed by atoms with Gasteiger partial charge in [-0.15, -0.1) is 0 Å². The number of aromatic nitrogens is 5. The van der Waals surface area contributed by atoms with Crippen molar-refractivity contribution in [2.75, 3.05) is 0 Å². The first-order valence-electron chi connectivity index (χ1n) is 15.4. The van der Waals surface area contributed by atoms with Crippen molar-refractivity contribution >= 4 is 32.8 Å². The Labute approximate surface area is 270 Å². The number of hydrogen-bond acceptors (Lipinski definition) is 6. The van der Waals surface area contributed by atoms with Gasteiger partial charge in [0.1, 0.15) is 5.58 Å². The number of para-hydroxylation sites is 1. The molecular formula is C41H25N5O. The maximum Gasteiger partial charge on any atom is 0.227 e. The van der Waals surface area contributed by atoms with Gasteiger partial charge in [0.05, 0.1) is 11.4 Å². The lowest BCUT2D eigenvalue weighted by Gasteiger charge is -2.11. The highest BCUT2D eigenvalue weighted by atomic mass is 16.3. The van der Waals surface area contributed by atoms with Gasteiger partial charge in [0, 0.05) is 39.0 Å². The monoisotopic (exact) mass is 603 g/mol. The third-order valence-corrected chi connectivity index (χ3v) is 8.45. The standard InChI is InChI=1S/C41H25N5O/c1-3-10-27(11-4-1)38-44-39(28-12-5-2-6-13-28)46-40(45-38)29-20-18-26(19-21-29)30-15-9-16-33-31(30)24-25-42-37(33)35-23-22-34-32-14-7-8-17-36(32)47-41(34)43-35/h1-25H. The molecule has 0 radical (unpaired) electrons. The summed E-state index contributed by atoms with van der Waals surface area (Å²) < 4.78 is 6.08. The van der Waals surface area contributed by atoms with E-state index in [1.54, 1.807) is 0 Å². The van der Waals surface area contributed by atoms with Gasteiger partial charge >= 0.3 is 0 Å². The molecule has 6 nitrogen and oxygen atoms in total. The van der Waals surface area contributed by atoms with E-state index in [1.807, 2.05) is 91.1 Å². The Balaban J connectivity index is 1.11. The maximum atomic E-state index is 6.08. The molecule has 4 heterocycles. The quantitative estimate of drug-likeness (QED) is 0.195. The van der Waals surface area contributed by atoms with Crippen molar-refractivity contribution in [2.24, 2.45) is 0 Å². The second-order valence-corrected chi connectivity index (χ2v) is 11.3. The third kappa shape index (κ3) is 4.80. The molecule has 0 spiro atoms. The van der Waals surface area contributed by atoms with E-state index in [4.69, 9.17) is 29.3 Å². The van der Waals surface area contributed by atoms with Crippen molar-refractivity contribution in [1.29, 1.82) is 0 Å². The van der Waals surface area contributed by atoms with Gasteiger partial charge in [-0.25, -0.2) is 19.9 Å². The van der Waals surface area contributed by atoms with Gasteiger partial charge in [-0.3, -0.25) is 4.98 Å². The summed E-state index contributed by atoms with van der Waals surface area (Å²) >= 11 is 0. The molecule has 4 aromatic heterocycles. The van der Waals surface area contributed by atoms with Crippen LogP contribution in [0.2, 0.25) is 0 Å². The van der Waals surface area contributed by atoms with Gasteiger partial charge in [0.2, 0.25) is 5.71 Å². The van der Waals surface area contributed by atoms with E-state index >= 15 is 0 Å². The summed E-state index contributed by atoms with van der Waals surface area (Å²) in [5, 5.41) is 4.17. The Morgan fingerprint density at radius 3 is 1.68 bits per heavy atom. The third-order valence-electron chi connectivity index (χ3n) is 8.45. The second-order valence-electron chi connectivity index (χ2n) is 11.3. The minimum Gasteiger partial charge on any atom is -0.438 e. The van der Waals surface area contributed by atoms with Crippen molar-refractivity contribution in [3.8, 4) is 56.7 Å². The molecule has 0 amide bonds.